The highest BCUT2D eigenvalue weighted by Gasteiger charge is 2.04. The van der Waals surface area contributed by atoms with Crippen LogP contribution in [0.25, 0.3) is 0 Å². The summed E-state index contributed by atoms with van der Waals surface area (Å²) in [7, 11) is 0. The second kappa shape index (κ2) is 8.04. The van der Waals surface area contributed by atoms with Crippen molar-refractivity contribution in [2.45, 2.75) is 5.75 Å². The maximum atomic E-state index is 11.9. The van der Waals surface area contributed by atoms with E-state index in [4.69, 9.17) is 5.73 Å². The van der Waals surface area contributed by atoms with Crippen LogP contribution < -0.4 is 16.4 Å². The van der Waals surface area contributed by atoms with Crippen LogP contribution in [0.4, 0.5) is 16.2 Å². The number of rotatable bonds is 6. The van der Waals surface area contributed by atoms with E-state index >= 15 is 0 Å². The molecule has 1 aromatic heterocycles. The summed E-state index contributed by atoms with van der Waals surface area (Å²) in [5, 5.41) is 5.23. The van der Waals surface area contributed by atoms with Gasteiger partial charge in [0, 0.05) is 29.5 Å². The molecule has 0 aliphatic carbocycles. The number of nitrogens with two attached hydrogens (primary N) is 1. The molecule has 1 aromatic carbocycles. The van der Waals surface area contributed by atoms with Crippen LogP contribution in [-0.2, 0) is 10.5 Å². The zero-order valence-corrected chi connectivity index (χ0v) is 12.6. The average molecular weight is 316 g/mol. The molecule has 7 heteroatoms. The Balaban J connectivity index is 1.80. The van der Waals surface area contributed by atoms with Crippen LogP contribution in [0.3, 0.4) is 0 Å². The summed E-state index contributed by atoms with van der Waals surface area (Å²) in [5.41, 5.74) is 7.27. The van der Waals surface area contributed by atoms with Crippen LogP contribution in [0.2, 0.25) is 0 Å². The number of thioether (sulfide) groups is 1. The number of primary amides is 1. The Hall–Kier alpha value is -2.54. The maximum Gasteiger partial charge on any atom is 0.316 e. The van der Waals surface area contributed by atoms with Crippen molar-refractivity contribution >= 4 is 35.1 Å². The van der Waals surface area contributed by atoms with Gasteiger partial charge in [-0.15, -0.1) is 11.8 Å². The highest BCUT2D eigenvalue weighted by molar-refractivity contribution is 7.99. The second-order valence-corrected chi connectivity index (χ2v) is 5.46. The predicted octanol–water partition coefficient (Wildman–Crippen LogP) is 2.44. The minimum Gasteiger partial charge on any atom is -0.351 e. The fourth-order valence-corrected chi connectivity index (χ4v) is 2.53. The number of hydrogen-bond acceptors (Lipinski definition) is 4. The fourth-order valence-electron chi connectivity index (χ4n) is 1.76. The Morgan fingerprint density at radius 1 is 1.14 bits per heavy atom. The van der Waals surface area contributed by atoms with Gasteiger partial charge < -0.3 is 16.4 Å². The van der Waals surface area contributed by atoms with Crippen molar-refractivity contribution in [2.75, 3.05) is 16.4 Å². The van der Waals surface area contributed by atoms with Crippen LogP contribution in [0.5, 0.6) is 0 Å². The summed E-state index contributed by atoms with van der Waals surface area (Å²) in [6.45, 7) is 0. The van der Waals surface area contributed by atoms with Crippen LogP contribution in [0, 0.1) is 0 Å². The van der Waals surface area contributed by atoms with E-state index in [1.54, 1.807) is 36.7 Å². The lowest BCUT2D eigenvalue weighted by Gasteiger charge is -2.07. The first-order chi connectivity index (χ1) is 10.6. The van der Waals surface area contributed by atoms with Crippen molar-refractivity contribution in [3.8, 4) is 0 Å². The van der Waals surface area contributed by atoms with E-state index in [0.717, 1.165) is 11.3 Å². The average Bonchev–Trinajstić information content (AvgIpc) is 2.48. The molecule has 0 radical (unpaired) electrons. The third-order valence-corrected chi connectivity index (χ3v) is 3.64. The normalized spacial score (nSPS) is 10.0. The zero-order chi connectivity index (χ0) is 15.8. The molecular formula is C15H16N4O2S. The lowest BCUT2D eigenvalue weighted by molar-refractivity contribution is -0.113. The van der Waals surface area contributed by atoms with E-state index in [2.05, 4.69) is 15.6 Å². The van der Waals surface area contributed by atoms with Crippen molar-refractivity contribution in [1.82, 2.24) is 4.98 Å². The van der Waals surface area contributed by atoms with Crippen LogP contribution in [0.1, 0.15) is 5.56 Å². The molecule has 22 heavy (non-hydrogen) atoms. The van der Waals surface area contributed by atoms with Gasteiger partial charge >= 0.3 is 6.03 Å². The fraction of sp³-hybridized carbons (Fsp3) is 0.133. The van der Waals surface area contributed by atoms with Gasteiger partial charge in [0.15, 0.2) is 0 Å². The summed E-state index contributed by atoms with van der Waals surface area (Å²) in [6.07, 6.45) is 3.50. The molecule has 0 saturated heterocycles. The molecule has 2 rings (SSSR count). The summed E-state index contributed by atoms with van der Waals surface area (Å²) in [4.78, 5) is 26.7. The van der Waals surface area contributed by atoms with Crippen molar-refractivity contribution in [2.24, 2.45) is 5.73 Å². The van der Waals surface area contributed by atoms with Crippen LogP contribution in [0.15, 0.2) is 48.8 Å². The summed E-state index contributed by atoms with van der Waals surface area (Å²) in [6, 6.07) is 10.0. The van der Waals surface area contributed by atoms with Crippen molar-refractivity contribution in [1.29, 1.82) is 0 Å². The Bertz CT molecular complexity index is 649. The van der Waals surface area contributed by atoms with E-state index < -0.39 is 6.03 Å². The standard InChI is InChI=1S/C15H16N4O2S/c16-15(21)19-13-5-1-4-12(7-13)18-14(20)10-22-9-11-3-2-6-17-8-11/h1-8H,9-10H2,(H,18,20)(H3,16,19,21). The molecule has 0 aliphatic heterocycles. The number of nitrogens with zero attached hydrogens (tertiary/aromatic N) is 1. The number of carbonyl (C=O) groups excluding carboxylic acids is 2. The van der Waals surface area contributed by atoms with Gasteiger partial charge in [0.05, 0.1) is 5.75 Å². The first-order valence-corrected chi connectivity index (χ1v) is 7.72. The molecular weight excluding hydrogens is 300 g/mol. The molecule has 0 bridgehead atoms. The van der Waals surface area contributed by atoms with Gasteiger partial charge in [0.2, 0.25) is 5.91 Å². The molecule has 0 saturated carbocycles. The molecule has 114 valence electrons. The molecule has 0 atom stereocenters. The van der Waals surface area contributed by atoms with Gasteiger partial charge in [-0.3, -0.25) is 9.78 Å². The van der Waals surface area contributed by atoms with Crippen LogP contribution in [-0.4, -0.2) is 22.7 Å². The molecule has 0 spiro atoms. The Kier molecular flexibility index (Phi) is 5.79. The summed E-state index contributed by atoms with van der Waals surface area (Å²) >= 11 is 1.51. The number of anilines is 2. The van der Waals surface area contributed by atoms with E-state index in [1.807, 2.05) is 12.1 Å². The number of urea groups is 1. The largest absolute Gasteiger partial charge is 0.351 e. The number of amides is 3. The molecule has 6 nitrogen and oxygen atoms in total. The summed E-state index contributed by atoms with van der Waals surface area (Å²) in [5.74, 6) is 0.956. The number of pyridine rings is 1. The number of aromatic nitrogens is 1. The third-order valence-electron chi connectivity index (χ3n) is 2.64. The number of carbonyl (C=O) groups is 2. The minimum atomic E-state index is -0.643. The highest BCUT2D eigenvalue weighted by atomic mass is 32.2. The second-order valence-electron chi connectivity index (χ2n) is 4.47. The SMILES string of the molecule is NC(=O)Nc1cccc(NC(=O)CSCc2cccnc2)c1. The molecule has 3 amide bonds. The molecule has 4 N–H and O–H groups in total. The maximum absolute atomic E-state index is 11.9. The smallest absolute Gasteiger partial charge is 0.316 e. The molecule has 0 unspecified atom stereocenters. The lowest BCUT2D eigenvalue weighted by atomic mass is 10.3. The van der Waals surface area contributed by atoms with Crippen molar-refractivity contribution < 1.29 is 9.59 Å². The number of hydrogen-bond donors (Lipinski definition) is 3. The topological polar surface area (TPSA) is 97.1 Å². The van der Waals surface area contributed by atoms with Crippen molar-refractivity contribution in [3.63, 3.8) is 0 Å². The predicted molar refractivity (Wildman–Crippen MR) is 88.7 cm³/mol. The monoisotopic (exact) mass is 316 g/mol. The Morgan fingerprint density at radius 3 is 2.59 bits per heavy atom. The molecule has 0 fully saturated rings. The van der Waals surface area contributed by atoms with E-state index in [1.165, 1.54) is 11.8 Å². The van der Waals surface area contributed by atoms with Gasteiger partial charge in [-0.05, 0) is 29.8 Å². The first kappa shape index (κ1) is 15.8. The molecule has 1 heterocycles. The number of nitrogens with one attached hydrogen (secondary N) is 2. The minimum absolute atomic E-state index is 0.106. The Labute approximate surface area is 132 Å². The molecule has 0 aliphatic rings. The van der Waals surface area contributed by atoms with Gasteiger partial charge in [0.1, 0.15) is 0 Å². The van der Waals surface area contributed by atoms with Crippen molar-refractivity contribution in [3.05, 3.63) is 54.4 Å². The Morgan fingerprint density at radius 2 is 1.91 bits per heavy atom. The number of benzene rings is 1. The van der Waals surface area contributed by atoms with Gasteiger partial charge in [-0.2, -0.15) is 0 Å². The van der Waals surface area contributed by atoms with Gasteiger partial charge in [-0.25, -0.2) is 4.79 Å². The first-order valence-electron chi connectivity index (χ1n) is 6.56. The lowest BCUT2D eigenvalue weighted by Crippen LogP contribution is -2.19. The quantitative estimate of drug-likeness (QED) is 0.762. The van der Waals surface area contributed by atoms with E-state index in [9.17, 15) is 9.59 Å². The zero-order valence-electron chi connectivity index (χ0n) is 11.8. The van der Waals surface area contributed by atoms with Crippen LogP contribution >= 0.6 is 11.8 Å². The highest BCUT2D eigenvalue weighted by Crippen LogP contribution is 2.16. The third kappa shape index (κ3) is 5.45. The molecule has 2 aromatic rings. The van der Waals surface area contributed by atoms with Gasteiger partial charge in [0.25, 0.3) is 0 Å². The van der Waals surface area contributed by atoms with Gasteiger partial charge in [-0.1, -0.05) is 12.1 Å². The summed E-state index contributed by atoms with van der Waals surface area (Å²) < 4.78 is 0. The van der Waals surface area contributed by atoms with E-state index in [-0.39, 0.29) is 5.91 Å². The van der Waals surface area contributed by atoms with E-state index in [0.29, 0.717) is 17.1 Å².